The van der Waals surface area contributed by atoms with Gasteiger partial charge >= 0.3 is 0 Å². The Kier molecular flexibility index (Phi) is 5.89. The third kappa shape index (κ3) is 3.95. The summed E-state index contributed by atoms with van der Waals surface area (Å²) in [6.07, 6.45) is 3.28. The van der Waals surface area contributed by atoms with Crippen LogP contribution in [0, 0.1) is 0 Å². The monoisotopic (exact) mass is 533 g/mol. The first-order chi connectivity index (χ1) is 17.9. The molecular formula is C29H25Cl2N3O3. The predicted molar refractivity (Wildman–Crippen MR) is 146 cm³/mol. The Morgan fingerprint density at radius 1 is 1.08 bits per heavy atom. The fourth-order valence-electron chi connectivity index (χ4n) is 5.45. The van der Waals surface area contributed by atoms with Crippen molar-refractivity contribution in [2.75, 3.05) is 12.4 Å². The summed E-state index contributed by atoms with van der Waals surface area (Å²) < 4.78 is 7.40. The van der Waals surface area contributed by atoms with Crippen molar-refractivity contribution in [2.45, 2.75) is 37.3 Å². The maximum absolute atomic E-state index is 14.1. The molecule has 2 aliphatic rings. The van der Waals surface area contributed by atoms with E-state index in [-0.39, 0.29) is 24.3 Å². The molecule has 2 N–H and O–H groups in total. The average molecular weight is 534 g/mol. The summed E-state index contributed by atoms with van der Waals surface area (Å²) in [7, 11) is 1.60. The molecule has 4 aromatic rings. The fourth-order valence-corrected chi connectivity index (χ4v) is 5.83. The summed E-state index contributed by atoms with van der Waals surface area (Å²) in [5.74, 6) is 0.175. The first kappa shape index (κ1) is 23.9. The van der Waals surface area contributed by atoms with Gasteiger partial charge in [-0.2, -0.15) is 0 Å². The van der Waals surface area contributed by atoms with Crippen molar-refractivity contribution in [3.05, 3.63) is 93.6 Å². The molecule has 0 saturated heterocycles. The van der Waals surface area contributed by atoms with Crippen LogP contribution in [0.1, 0.15) is 40.9 Å². The van der Waals surface area contributed by atoms with Crippen LogP contribution in [0.4, 0.5) is 5.69 Å². The molecule has 6 nitrogen and oxygen atoms in total. The molecule has 1 aliphatic heterocycles. The number of aromatic nitrogens is 1. The highest BCUT2D eigenvalue weighted by molar-refractivity contribution is 6.31. The summed E-state index contributed by atoms with van der Waals surface area (Å²) in [4.78, 5) is 27.9. The highest BCUT2D eigenvalue weighted by Gasteiger charge is 2.50. The number of benzene rings is 3. The molecule has 37 heavy (non-hydrogen) atoms. The number of ether oxygens (including phenoxy) is 1. The molecular weight excluding hydrogens is 509 g/mol. The van der Waals surface area contributed by atoms with Crippen molar-refractivity contribution in [2.24, 2.45) is 0 Å². The van der Waals surface area contributed by atoms with Crippen molar-refractivity contribution in [1.29, 1.82) is 0 Å². The summed E-state index contributed by atoms with van der Waals surface area (Å²) in [6, 6.07) is 20.5. The van der Waals surface area contributed by atoms with E-state index in [1.165, 1.54) is 0 Å². The van der Waals surface area contributed by atoms with E-state index in [4.69, 9.17) is 27.9 Å². The normalized spacial score (nSPS) is 18.8. The SMILES string of the molecule is COc1ccc2cc(C(=O)NC3CCC3)n(C3(Cc4cccc(Cl)c4)C(=O)Nc4cc(Cl)ccc43)c2c1. The number of fused-ring (bicyclic) bond motifs is 2. The van der Waals surface area contributed by atoms with E-state index in [1.807, 2.05) is 53.1 Å². The number of hydrogen-bond donors (Lipinski definition) is 2. The van der Waals surface area contributed by atoms with Crippen LogP contribution >= 0.6 is 23.2 Å². The minimum atomic E-state index is -1.27. The third-order valence-corrected chi connectivity index (χ3v) is 7.94. The Balaban J connectivity index is 1.65. The number of carbonyl (C=O) groups is 2. The molecule has 1 fully saturated rings. The van der Waals surface area contributed by atoms with Crippen LogP contribution in [0.3, 0.4) is 0 Å². The Hall–Kier alpha value is -3.48. The molecule has 188 valence electrons. The van der Waals surface area contributed by atoms with Crippen LogP contribution in [-0.4, -0.2) is 29.5 Å². The average Bonchev–Trinajstić information content (AvgIpc) is 3.36. The van der Waals surface area contributed by atoms with Crippen molar-refractivity contribution >= 4 is 51.6 Å². The van der Waals surface area contributed by atoms with E-state index in [0.29, 0.717) is 27.2 Å². The van der Waals surface area contributed by atoms with Gasteiger partial charge in [0.15, 0.2) is 5.54 Å². The quantitative estimate of drug-likeness (QED) is 0.311. The smallest absolute Gasteiger partial charge is 0.268 e. The number of rotatable bonds is 6. The van der Waals surface area contributed by atoms with Gasteiger partial charge in [-0.15, -0.1) is 0 Å². The topological polar surface area (TPSA) is 72.4 Å². The number of methoxy groups -OCH3 is 1. The molecule has 1 atom stereocenters. The van der Waals surface area contributed by atoms with Crippen molar-refractivity contribution < 1.29 is 14.3 Å². The minimum absolute atomic E-state index is 0.140. The predicted octanol–water partition coefficient (Wildman–Crippen LogP) is 6.18. The summed E-state index contributed by atoms with van der Waals surface area (Å²) in [5, 5.41) is 8.11. The molecule has 0 bridgehead atoms. The minimum Gasteiger partial charge on any atom is -0.497 e. The molecule has 1 aliphatic carbocycles. The van der Waals surface area contributed by atoms with E-state index >= 15 is 0 Å². The number of carbonyl (C=O) groups excluding carboxylic acids is 2. The lowest BCUT2D eigenvalue weighted by atomic mass is 9.83. The lowest BCUT2D eigenvalue weighted by Crippen LogP contribution is -2.47. The molecule has 8 heteroatoms. The number of halogens is 2. The van der Waals surface area contributed by atoms with Crippen LogP contribution in [0.2, 0.25) is 10.0 Å². The van der Waals surface area contributed by atoms with Gasteiger partial charge in [0.2, 0.25) is 0 Å². The van der Waals surface area contributed by atoms with Crippen molar-refractivity contribution in [1.82, 2.24) is 9.88 Å². The van der Waals surface area contributed by atoms with Crippen molar-refractivity contribution in [3.63, 3.8) is 0 Å². The molecule has 2 heterocycles. The molecule has 0 radical (unpaired) electrons. The molecule has 3 aromatic carbocycles. The second kappa shape index (κ2) is 9.12. The maximum atomic E-state index is 14.1. The summed E-state index contributed by atoms with van der Waals surface area (Å²) in [5.41, 5.74) is 2.08. The van der Waals surface area contributed by atoms with Gasteiger partial charge < -0.3 is 19.9 Å². The third-order valence-electron chi connectivity index (χ3n) is 7.47. The van der Waals surface area contributed by atoms with Crippen LogP contribution in [0.5, 0.6) is 5.75 Å². The first-order valence-electron chi connectivity index (χ1n) is 12.3. The maximum Gasteiger partial charge on any atom is 0.268 e. The highest BCUT2D eigenvalue weighted by atomic mass is 35.5. The zero-order valence-corrected chi connectivity index (χ0v) is 21.7. The van der Waals surface area contributed by atoms with Gasteiger partial charge in [0, 0.05) is 45.2 Å². The lowest BCUT2D eigenvalue weighted by Gasteiger charge is -2.33. The van der Waals surface area contributed by atoms with Crippen LogP contribution in [0.15, 0.2) is 66.7 Å². The van der Waals surface area contributed by atoms with Crippen LogP contribution in [0.25, 0.3) is 10.9 Å². The van der Waals surface area contributed by atoms with E-state index in [1.54, 1.807) is 25.3 Å². The Morgan fingerprint density at radius 2 is 1.89 bits per heavy atom. The number of anilines is 1. The van der Waals surface area contributed by atoms with E-state index in [2.05, 4.69) is 10.6 Å². The van der Waals surface area contributed by atoms with Crippen LogP contribution in [-0.2, 0) is 16.8 Å². The number of nitrogens with one attached hydrogen (secondary N) is 2. The zero-order chi connectivity index (χ0) is 25.7. The molecule has 1 unspecified atom stereocenters. The molecule has 1 aromatic heterocycles. The number of amides is 2. The number of hydrogen-bond acceptors (Lipinski definition) is 3. The van der Waals surface area contributed by atoms with Gasteiger partial charge in [-0.25, -0.2) is 0 Å². The van der Waals surface area contributed by atoms with Crippen LogP contribution < -0.4 is 15.4 Å². The van der Waals surface area contributed by atoms with Gasteiger partial charge in [0.1, 0.15) is 11.4 Å². The van der Waals surface area contributed by atoms with Gasteiger partial charge in [-0.1, -0.05) is 41.4 Å². The summed E-state index contributed by atoms with van der Waals surface area (Å²) in [6.45, 7) is 0. The molecule has 1 saturated carbocycles. The Morgan fingerprint density at radius 3 is 2.62 bits per heavy atom. The van der Waals surface area contributed by atoms with E-state index in [9.17, 15) is 9.59 Å². The van der Waals surface area contributed by atoms with Gasteiger partial charge in [0.05, 0.1) is 12.6 Å². The largest absolute Gasteiger partial charge is 0.497 e. The zero-order valence-electron chi connectivity index (χ0n) is 20.2. The Labute approximate surface area is 224 Å². The Bertz CT molecular complexity index is 1560. The van der Waals surface area contributed by atoms with E-state index in [0.717, 1.165) is 41.3 Å². The standard InChI is InChI=1S/C29H25Cl2N3O3/c1-37-22-10-8-18-13-26(27(35)32-21-6-3-7-21)34(25(18)15-22)29(16-17-4-2-5-19(30)12-17)23-11-9-20(31)14-24(23)33-28(29)36/h2,4-5,8-15,21H,3,6-7,16H2,1H3,(H,32,35)(H,33,36). The second-order valence-corrected chi connectivity index (χ2v) is 10.6. The van der Waals surface area contributed by atoms with E-state index < -0.39 is 5.54 Å². The molecule has 6 rings (SSSR count). The van der Waals surface area contributed by atoms with Gasteiger partial charge in [0.25, 0.3) is 11.8 Å². The summed E-state index contributed by atoms with van der Waals surface area (Å²) >= 11 is 12.7. The fraction of sp³-hybridized carbons (Fsp3) is 0.241. The number of nitrogens with zero attached hydrogens (tertiary/aromatic N) is 1. The molecule has 0 spiro atoms. The second-order valence-electron chi connectivity index (χ2n) is 9.70. The van der Waals surface area contributed by atoms with Gasteiger partial charge in [-0.05, 0) is 67.3 Å². The molecule has 2 amide bonds. The van der Waals surface area contributed by atoms with Crippen molar-refractivity contribution in [3.8, 4) is 5.75 Å². The first-order valence-corrected chi connectivity index (χ1v) is 13.0. The lowest BCUT2D eigenvalue weighted by molar-refractivity contribution is -0.121. The highest BCUT2D eigenvalue weighted by Crippen LogP contribution is 2.46. The van der Waals surface area contributed by atoms with Gasteiger partial charge in [-0.3, -0.25) is 9.59 Å².